The van der Waals surface area contributed by atoms with Crippen molar-refractivity contribution in [2.45, 2.75) is 33.6 Å². The summed E-state index contributed by atoms with van der Waals surface area (Å²) in [6.07, 6.45) is 2.17. The van der Waals surface area contributed by atoms with Gasteiger partial charge >= 0.3 is 5.97 Å². The average molecular weight is 447 g/mol. The summed E-state index contributed by atoms with van der Waals surface area (Å²) >= 11 is 0. The van der Waals surface area contributed by atoms with E-state index in [9.17, 15) is 9.59 Å². The van der Waals surface area contributed by atoms with E-state index in [1.165, 1.54) is 0 Å². The fraction of sp³-hybridized carbons (Fsp3) is 0.370. The highest BCUT2D eigenvalue weighted by atomic mass is 16.5. The predicted molar refractivity (Wildman–Crippen MR) is 128 cm³/mol. The fourth-order valence-corrected chi connectivity index (χ4v) is 4.17. The molecule has 0 spiro atoms. The summed E-state index contributed by atoms with van der Waals surface area (Å²) in [4.78, 5) is 31.8. The first-order valence-electron chi connectivity index (χ1n) is 11.5. The van der Waals surface area contributed by atoms with Crippen molar-refractivity contribution < 1.29 is 19.1 Å². The Kier molecular flexibility index (Phi) is 6.92. The Balaban J connectivity index is 1.68. The standard InChI is InChI=1S/C27H30N2O4/c1-4-32-27(31)21-11-12-23-22(14-21)25(15-24(28-23)20-9-7-18(2)8-10-20)33-17-26(30)29-13-5-6-19(3)16-29/h7-12,14-15,19H,4-6,13,16-17H2,1-3H3/t19-/m1/s1. The normalized spacial score (nSPS) is 16.0. The van der Waals surface area contributed by atoms with Gasteiger partial charge in [-0.05, 0) is 50.8 Å². The second-order valence-electron chi connectivity index (χ2n) is 8.70. The molecule has 2 aromatic carbocycles. The quantitative estimate of drug-likeness (QED) is 0.497. The Morgan fingerprint density at radius 3 is 2.64 bits per heavy atom. The number of amides is 1. The van der Waals surface area contributed by atoms with Crippen LogP contribution in [0.15, 0.2) is 48.5 Å². The van der Waals surface area contributed by atoms with E-state index >= 15 is 0 Å². The van der Waals surface area contributed by atoms with Crippen molar-refractivity contribution >= 4 is 22.8 Å². The number of pyridine rings is 1. The molecule has 1 saturated heterocycles. The van der Waals surface area contributed by atoms with E-state index < -0.39 is 5.97 Å². The Labute approximate surface area is 194 Å². The number of piperidine rings is 1. The zero-order valence-corrected chi connectivity index (χ0v) is 19.5. The van der Waals surface area contributed by atoms with Crippen molar-refractivity contribution in [3.63, 3.8) is 0 Å². The Hall–Kier alpha value is -3.41. The minimum atomic E-state index is -0.397. The van der Waals surface area contributed by atoms with Crippen molar-refractivity contribution in [1.82, 2.24) is 9.88 Å². The van der Waals surface area contributed by atoms with Crippen LogP contribution >= 0.6 is 0 Å². The van der Waals surface area contributed by atoms with Gasteiger partial charge in [-0.25, -0.2) is 9.78 Å². The monoisotopic (exact) mass is 446 g/mol. The van der Waals surface area contributed by atoms with Gasteiger partial charge in [-0.1, -0.05) is 36.8 Å². The zero-order valence-electron chi connectivity index (χ0n) is 19.5. The molecule has 2 heterocycles. The topological polar surface area (TPSA) is 68.7 Å². The molecule has 6 nitrogen and oxygen atoms in total. The van der Waals surface area contributed by atoms with Gasteiger partial charge in [0.1, 0.15) is 5.75 Å². The predicted octanol–water partition coefficient (Wildman–Crippen LogP) is 5.02. The van der Waals surface area contributed by atoms with Gasteiger partial charge in [-0.15, -0.1) is 0 Å². The number of hydrogen-bond donors (Lipinski definition) is 0. The largest absolute Gasteiger partial charge is 0.483 e. The molecule has 6 heteroatoms. The highest BCUT2D eigenvalue weighted by Crippen LogP contribution is 2.31. The third kappa shape index (κ3) is 5.33. The number of ether oxygens (including phenoxy) is 2. The number of esters is 1. The van der Waals surface area contributed by atoms with Crippen molar-refractivity contribution in [1.29, 1.82) is 0 Å². The molecule has 33 heavy (non-hydrogen) atoms. The number of likely N-dealkylation sites (tertiary alicyclic amines) is 1. The van der Waals surface area contributed by atoms with Crippen molar-refractivity contribution in [2.24, 2.45) is 5.92 Å². The summed E-state index contributed by atoms with van der Waals surface area (Å²) in [5.74, 6) is 0.612. The lowest BCUT2D eigenvalue weighted by Crippen LogP contribution is -2.41. The number of nitrogens with zero attached hydrogens (tertiary/aromatic N) is 2. The SMILES string of the molecule is CCOC(=O)c1ccc2nc(-c3ccc(C)cc3)cc(OCC(=O)N3CCC[C@@H](C)C3)c2c1. The molecule has 1 amide bonds. The van der Waals surface area contributed by atoms with Crippen LogP contribution in [-0.2, 0) is 9.53 Å². The van der Waals surface area contributed by atoms with Gasteiger partial charge in [0.15, 0.2) is 6.61 Å². The molecule has 172 valence electrons. The van der Waals surface area contributed by atoms with Gasteiger partial charge in [-0.2, -0.15) is 0 Å². The van der Waals surface area contributed by atoms with E-state index in [0.29, 0.717) is 34.7 Å². The van der Waals surface area contributed by atoms with Crippen LogP contribution in [-0.4, -0.2) is 48.1 Å². The first kappa shape index (κ1) is 22.8. The van der Waals surface area contributed by atoms with Crippen molar-refractivity contribution in [3.05, 3.63) is 59.7 Å². The second kappa shape index (κ2) is 10.0. The molecule has 0 aliphatic carbocycles. The molecule has 0 radical (unpaired) electrons. The van der Waals surface area contributed by atoms with Gasteiger partial charge in [0.05, 0.1) is 23.4 Å². The van der Waals surface area contributed by atoms with E-state index in [4.69, 9.17) is 14.5 Å². The molecular weight excluding hydrogens is 416 g/mol. The molecule has 1 aliphatic rings. The lowest BCUT2D eigenvalue weighted by molar-refractivity contribution is -0.135. The Morgan fingerprint density at radius 1 is 1.12 bits per heavy atom. The van der Waals surface area contributed by atoms with Crippen LogP contribution < -0.4 is 4.74 Å². The maximum absolute atomic E-state index is 12.8. The summed E-state index contributed by atoms with van der Waals surface area (Å²) in [5.41, 5.74) is 3.99. The maximum atomic E-state index is 12.8. The van der Waals surface area contributed by atoms with E-state index in [1.54, 1.807) is 25.1 Å². The fourth-order valence-electron chi connectivity index (χ4n) is 4.17. The zero-order chi connectivity index (χ0) is 23.4. The molecule has 1 atom stereocenters. The van der Waals surface area contributed by atoms with Gasteiger partial charge in [0.2, 0.25) is 0 Å². The number of rotatable bonds is 6. The molecule has 4 rings (SSSR count). The van der Waals surface area contributed by atoms with E-state index in [-0.39, 0.29) is 12.5 Å². The molecule has 0 bridgehead atoms. The van der Waals surface area contributed by atoms with E-state index in [1.807, 2.05) is 42.2 Å². The van der Waals surface area contributed by atoms with Crippen molar-refractivity contribution in [3.8, 4) is 17.0 Å². The van der Waals surface area contributed by atoms with Crippen LogP contribution in [0.1, 0.15) is 42.6 Å². The highest BCUT2D eigenvalue weighted by molar-refractivity contribution is 5.97. The first-order chi connectivity index (χ1) is 15.9. The van der Waals surface area contributed by atoms with Crippen LogP contribution in [0.5, 0.6) is 5.75 Å². The number of carbonyl (C=O) groups is 2. The van der Waals surface area contributed by atoms with Crippen molar-refractivity contribution in [2.75, 3.05) is 26.3 Å². The molecule has 0 unspecified atom stereocenters. The van der Waals surface area contributed by atoms with Gasteiger partial charge in [0.25, 0.3) is 5.91 Å². The number of aryl methyl sites for hydroxylation is 1. The molecule has 1 aliphatic heterocycles. The van der Waals surface area contributed by atoms with Gasteiger partial charge in [0, 0.05) is 30.1 Å². The maximum Gasteiger partial charge on any atom is 0.338 e. The van der Waals surface area contributed by atoms with E-state index in [0.717, 1.165) is 42.8 Å². The van der Waals surface area contributed by atoms with E-state index in [2.05, 4.69) is 6.92 Å². The van der Waals surface area contributed by atoms with Gasteiger partial charge < -0.3 is 14.4 Å². The van der Waals surface area contributed by atoms with Crippen LogP contribution in [0.4, 0.5) is 0 Å². The molecule has 0 saturated carbocycles. The van der Waals surface area contributed by atoms with Crippen LogP contribution in [0, 0.1) is 12.8 Å². The van der Waals surface area contributed by atoms with Gasteiger partial charge in [-0.3, -0.25) is 4.79 Å². The summed E-state index contributed by atoms with van der Waals surface area (Å²) in [7, 11) is 0. The third-order valence-electron chi connectivity index (χ3n) is 5.99. The average Bonchev–Trinajstić information content (AvgIpc) is 2.82. The number of hydrogen-bond acceptors (Lipinski definition) is 5. The lowest BCUT2D eigenvalue weighted by atomic mass is 10.0. The Bertz CT molecular complexity index is 1160. The summed E-state index contributed by atoms with van der Waals surface area (Å²) in [6, 6.07) is 15.2. The molecular formula is C27H30N2O4. The first-order valence-corrected chi connectivity index (χ1v) is 11.5. The minimum absolute atomic E-state index is 0.0232. The third-order valence-corrected chi connectivity index (χ3v) is 5.99. The summed E-state index contributed by atoms with van der Waals surface area (Å²) in [5, 5.41) is 0.677. The lowest BCUT2D eigenvalue weighted by Gasteiger charge is -2.30. The molecule has 0 N–H and O–H groups in total. The number of fused-ring (bicyclic) bond motifs is 1. The minimum Gasteiger partial charge on any atom is -0.483 e. The smallest absolute Gasteiger partial charge is 0.338 e. The second-order valence-corrected chi connectivity index (χ2v) is 8.70. The highest BCUT2D eigenvalue weighted by Gasteiger charge is 2.22. The van der Waals surface area contributed by atoms with Crippen LogP contribution in [0.25, 0.3) is 22.2 Å². The number of benzene rings is 2. The molecule has 1 aromatic heterocycles. The molecule has 1 fully saturated rings. The Morgan fingerprint density at radius 2 is 1.91 bits per heavy atom. The summed E-state index contributed by atoms with van der Waals surface area (Å²) < 4.78 is 11.2. The van der Waals surface area contributed by atoms with Crippen LogP contribution in [0.2, 0.25) is 0 Å². The number of carbonyl (C=O) groups excluding carboxylic acids is 2. The van der Waals surface area contributed by atoms with Crippen LogP contribution in [0.3, 0.4) is 0 Å². The summed E-state index contributed by atoms with van der Waals surface area (Å²) in [6.45, 7) is 7.76. The molecule has 3 aromatic rings. The number of aromatic nitrogens is 1.